The summed E-state index contributed by atoms with van der Waals surface area (Å²) in [6, 6.07) is 17.4. The van der Waals surface area contributed by atoms with Gasteiger partial charge in [0.15, 0.2) is 0 Å². The Hall–Kier alpha value is -3.88. The molecule has 0 aliphatic rings. The van der Waals surface area contributed by atoms with Crippen LogP contribution >= 0.6 is 0 Å². The molecule has 0 radical (unpaired) electrons. The molecule has 1 atom stereocenters. The summed E-state index contributed by atoms with van der Waals surface area (Å²) in [5.74, 6) is -1.69. The van der Waals surface area contributed by atoms with Crippen LogP contribution in [0, 0.1) is 0 Å². The van der Waals surface area contributed by atoms with Crippen LogP contribution in [-0.2, 0) is 36.9 Å². The third-order valence-electron chi connectivity index (χ3n) is 4.24. The van der Waals surface area contributed by atoms with Gasteiger partial charge in [-0.15, -0.1) is 0 Å². The molecule has 2 rings (SSSR count). The van der Waals surface area contributed by atoms with Gasteiger partial charge in [0.2, 0.25) is 11.8 Å². The molecule has 0 fully saturated rings. The predicted octanol–water partition coefficient (Wildman–Crippen LogP) is 1.32. The summed E-state index contributed by atoms with van der Waals surface area (Å²) in [6.07, 6.45) is -0.493. The van der Waals surface area contributed by atoms with Gasteiger partial charge in [0, 0.05) is 6.42 Å². The number of carbonyl (C=O) groups excluding carboxylic acids is 4. The van der Waals surface area contributed by atoms with Gasteiger partial charge in [0.25, 0.3) is 0 Å². The van der Waals surface area contributed by atoms with Crippen molar-refractivity contribution < 1.29 is 28.7 Å². The van der Waals surface area contributed by atoms with Crippen molar-refractivity contribution in [3.05, 3.63) is 71.8 Å². The highest BCUT2D eigenvalue weighted by atomic mass is 16.5. The van der Waals surface area contributed by atoms with E-state index in [1.54, 1.807) is 19.1 Å². The molecule has 2 aromatic carbocycles. The summed E-state index contributed by atoms with van der Waals surface area (Å²) in [5.41, 5.74) is 1.67. The molecule has 3 N–H and O–H groups in total. The third kappa shape index (κ3) is 9.29. The van der Waals surface area contributed by atoms with Crippen LogP contribution in [0.5, 0.6) is 0 Å². The molecule has 0 bridgehead atoms. The molecule has 3 amide bonds. The summed E-state index contributed by atoms with van der Waals surface area (Å²) in [7, 11) is 0. The minimum atomic E-state index is -0.882. The SMILES string of the molecule is CCOC(=O)[C@@H](Cc1ccccc1)NC(=O)CNC(=O)CNC(=O)OCc1ccccc1. The molecule has 0 aliphatic carbocycles. The number of alkyl carbamates (subject to hydrolysis) is 1. The highest BCUT2D eigenvalue weighted by Gasteiger charge is 2.22. The first kappa shape index (κ1) is 24.4. The lowest BCUT2D eigenvalue weighted by atomic mass is 10.1. The number of ether oxygens (including phenoxy) is 2. The van der Waals surface area contributed by atoms with E-state index in [4.69, 9.17) is 9.47 Å². The Morgan fingerprint density at radius 2 is 1.38 bits per heavy atom. The number of carbonyl (C=O) groups is 4. The van der Waals surface area contributed by atoms with Crippen molar-refractivity contribution >= 4 is 23.9 Å². The lowest BCUT2D eigenvalue weighted by Crippen LogP contribution is -2.48. The van der Waals surface area contributed by atoms with E-state index in [0.29, 0.717) is 0 Å². The average Bonchev–Trinajstić information content (AvgIpc) is 2.81. The average molecular weight is 441 g/mol. The Morgan fingerprint density at radius 3 is 2.00 bits per heavy atom. The van der Waals surface area contributed by atoms with Crippen molar-refractivity contribution in [3.8, 4) is 0 Å². The zero-order valence-electron chi connectivity index (χ0n) is 17.8. The maximum atomic E-state index is 12.2. The second-order valence-corrected chi connectivity index (χ2v) is 6.75. The molecule has 9 nitrogen and oxygen atoms in total. The second-order valence-electron chi connectivity index (χ2n) is 6.75. The van der Waals surface area contributed by atoms with Crippen LogP contribution in [0.3, 0.4) is 0 Å². The molecule has 0 aliphatic heterocycles. The summed E-state index contributed by atoms with van der Waals surface area (Å²) >= 11 is 0. The zero-order chi connectivity index (χ0) is 23.2. The minimum absolute atomic E-state index is 0.0767. The Balaban J connectivity index is 1.72. The lowest BCUT2D eigenvalue weighted by molar-refractivity contribution is -0.147. The molecule has 170 valence electrons. The first-order chi connectivity index (χ1) is 15.5. The van der Waals surface area contributed by atoms with E-state index in [9.17, 15) is 19.2 Å². The lowest BCUT2D eigenvalue weighted by Gasteiger charge is -2.17. The van der Waals surface area contributed by atoms with Crippen LogP contribution in [0.2, 0.25) is 0 Å². The monoisotopic (exact) mass is 441 g/mol. The van der Waals surface area contributed by atoms with E-state index < -0.39 is 29.9 Å². The number of rotatable bonds is 11. The molecule has 32 heavy (non-hydrogen) atoms. The molecule has 9 heteroatoms. The van der Waals surface area contributed by atoms with Gasteiger partial charge < -0.3 is 25.4 Å². The molecule has 0 unspecified atom stereocenters. The van der Waals surface area contributed by atoms with Crippen LogP contribution < -0.4 is 16.0 Å². The van der Waals surface area contributed by atoms with Crippen molar-refractivity contribution in [1.82, 2.24) is 16.0 Å². The van der Waals surface area contributed by atoms with E-state index in [1.165, 1.54) is 0 Å². The number of nitrogens with one attached hydrogen (secondary N) is 3. The summed E-state index contributed by atoms with van der Waals surface area (Å²) in [5, 5.41) is 7.25. The molecule has 0 saturated carbocycles. The first-order valence-corrected chi connectivity index (χ1v) is 10.2. The number of hydrogen-bond acceptors (Lipinski definition) is 6. The summed E-state index contributed by atoms with van der Waals surface area (Å²) in [4.78, 5) is 47.9. The van der Waals surface area contributed by atoms with Crippen molar-refractivity contribution in [2.24, 2.45) is 0 Å². The highest BCUT2D eigenvalue weighted by Crippen LogP contribution is 2.05. The molecule has 0 heterocycles. The van der Waals surface area contributed by atoms with Crippen LogP contribution in [0.25, 0.3) is 0 Å². The minimum Gasteiger partial charge on any atom is -0.464 e. The summed E-state index contributed by atoms with van der Waals surface area (Å²) < 4.78 is 10.0. The van der Waals surface area contributed by atoms with Crippen molar-refractivity contribution in [3.63, 3.8) is 0 Å². The molecule has 0 aromatic heterocycles. The molecular weight excluding hydrogens is 414 g/mol. The maximum absolute atomic E-state index is 12.2. The van der Waals surface area contributed by atoms with Gasteiger partial charge in [0.05, 0.1) is 13.2 Å². The van der Waals surface area contributed by atoms with E-state index in [-0.39, 0.29) is 32.7 Å². The van der Waals surface area contributed by atoms with Gasteiger partial charge >= 0.3 is 12.1 Å². The summed E-state index contributed by atoms with van der Waals surface area (Å²) in [6.45, 7) is 1.23. The van der Waals surface area contributed by atoms with Gasteiger partial charge in [-0.1, -0.05) is 60.7 Å². The topological polar surface area (TPSA) is 123 Å². The Kier molecular flexibility index (Phi) is 10.2. The van der Waals surface area contributed by atoms with Crippen molar-refractivity contribution in [1.29, 1.82) is 0 Å². The number of hydrogen-bond donors (Lipinski definition) is 3. The van der Waals surface area contributed by atoms with E-state index in [1.807, 2.05) is 48.5 Å². The van der Waals surface area contributed by atoms with Crippen LogP contribution in [0.1, 0.15) is 18.1 Å². The van der Waals surface area contributed by atoms with Gasteiger partial charge in [-0.2, -0.15) is 0 Å². The fourth-order valence-corrected chi connectivity index (χ4v) is 2.70. The Labute approximate surface area is 186 Å². The third-order valence-corrected chi connectivity index (χ3v) is 4.24. The van der Waals surface area contributed by atoms with Gasteiger partial charge in [0.1, 0.15) is 19.2 Å². The zero-order valence-corrected chi connectivity index (χ0v) is 17.8. The smallest absolute Gasteiger partial charge is 0.407 e. The van der Waals surface area contributed by atoms with E-state index >= 15 is 0 Å². The van der Waals surface area contributed by atoms with E-state index in [0.717, 1.165) is 11.1 Å². The first-order valence-electron chi connectivity index (χ1n) is 10.2. The number of benzene rings is 2. The predicted molar refractivity (Wildman–Crippen MR) is 116 cm³/mol. The largest absolute Gasteiger partial charge is 0.464 e. The molecule has 2 aromatic rings. The molecular formula is C23H27N3O6. The van der Waals surface area contributed by atoms with E-state index in [2.05, 4.69) is 16.0 Å². The second kappa shape index (κ2) is 13.4. The van der Waals surface area contributed by atoms with Gasteiger partial charge in [-0.3, -0.25) is 9.59 Å². The number of esters is 1. The standard InChI is InChI=1S/C23H27N3O6/c1-2-31-22(29)19(13-17-9-5-3-6-10-17)26-21(28)15-24-20(27)14-25-23(30)32-16-18-11-7-4-8-12-18/h3-12,19H,2,13-16H2,1H3,(H,24,27)(H,25,30)(H,26,28)/t19-/m1/s1. The highest BCUT2D eigenvalue weighted by molar-refractivity contribution is 5.89. The maximum Gasteiger partial charge on any atom is 0.407 e. The van der Waals surface area contributed by atoms with Crippen LogP contribution in [-0.4, -0.2) is 49.6 Å². The Bertz CT molecular complexity index is 889. The molecule has 0 saturated heterocycles. The van der Waals surface area contributed by atoms with Gasteiger partial charge in [-0.05, 0) is 18.1 Å². The Morgan fingerprint density at radius 1 is 0.781 bits per heavy atom. The number of amides is 3. The van der Waals surface area contributed by atoms with Crippen LogP contribution in [0.15, 0.2) is 60.7 Å². The van der Waals surface area contributed by atoms with Crippen LogP contribution in [0.4, 0.5) is 4.79 Å². The fraction of sp³-hybridized carbons (Fsp3) is 0.304. The molecule has 0 spiro atoms. The van der Waals surface area contributed by atoms with Crippen molar-refractivity contribution in [2.75, 3.05) is 19.7 Å². The quantitative estimate of drug-likeness (QED) is 0.452. The van der Waals surface area contributed by atoms with Crippen molar-refractivity contribution in [2.45, 2.75) is 26.0 Å². The normalized spacial score (nSPS) is 11.0. The fourth-order valence-electron chi connectivity index (χ4n) is 2.70. The van der Waals surface area contributed by atoms with Gasteiger partial charge in [-0.25, -0.2) is 9.59 Å².